The van der Waals surface area contributed by atoms with Gasteiger partial charge >= 0.3 is 0 Å². The van der Waals surface area contributed by atoms with Crippen molar-refractivity contribution in [3.05, 3.63) is 28.8 Å². The van der Waals surface area contributed by atoms with Crippen LogP contribution in [-0.4, -0.2) is 6.54 Å². The van der Waals surface area contributed by atoms with Crippen LogP contribution in [0, 0.1) is 0 Å². The number of anilines is 1. The van der Waals surface area contributed by atoms with Crippen molar-refractivity contribution >= 4 is 17.3 Å². The lowest BCUT2D eigenvalue weighted by atomic mass is 9.93. The van der Waals surface area contributed by atoms with Crippen molar-refractivity contribution in [3.63, 3.8) is 0 Å². The monoisotopic (exact) mass is 213 g/mol. The second-order valence-corrected chi connectivity index (χ2v) is 4.30. The average Bonchev–Trinajstić information content (AvgIpc) is 2.27. The number of para-hydroxylation sites is 1. The van der Waals surface area contributed by atoms with E-state index in [0.29, 0.717) is 17.0 Å². The molecule has 1 N–H and O–H groups in total. The average molecular weight is 214 g/mol. The second kappa shape index (κ2) is 3.43. The van der Waals surface area contributed by atoms with Crippen LogP contribution in [0.3, 0.4) is 0 Å². The van der Waals surface area contributed by atoms with Crippen LogP contribution in [0.2, 0.25) is 5.02 Å². The van der Waals surface area contributed by atoms with Crippen molar-refractivity contribution < 1.29 is 4.39 Å². The van der Waals surface area contributed by atoms with Crippen molar-refractivity contribution in [2.24, 2.45) is 0 Å². The number of fused-ring (bicyclic) bond motifs is 1. The molecule has 0 saturated carbocycles. The van der Waals surface area contributed by atoms with E-state index in [1.807, 2.05) is 0 Å². The molecule has 76 valence electrons. The molecule has 14 heavy (non-hydrogen) atoms. The number of halogens is 2. The minimum absolute atomic E-state index is 0.549. The second-order valence-electron chi connectivity index (χ2n) is 3.89. The minimum atomic E-state index is -1.26. The first-order chi connectivity index (χ1) is 6.61. The molecule has 1 nitrogen and oxygen atoms in total. The molecule has 1 unspecified atom stereocenters. The van der Waals surface area contributed by atoms with Gasteiger partial charge in [-0.25, -0.2) is 4.39 Å². The molecule has 0 saturated heterocycles. The molecule has 1 aromatic rings. The highest BCUT2D eigenvalue weighted by Crippen LogP contribution is 2.40. The predicted octanol–water partition coefficient (Wildman–Crippen LogP) is 3.73. The van der Waals surface area contributed by atoms with E-state index >= 15 is 0 Å². The van der Waals surface area contributed by atoms with Crippen LogP contribution in [0.5, 0.6) is 0 Å². The van der Waals surface area contributed by atoms with Gasteiger partial charge in [-0.15, -0.1) is 0 Å². The maximum atomic E-state index is 14.2. The summed E-state index contributed by atoms with van der Waals surface area (Å²) >= 11 is 6.01. The molecule has 1 aliphatic heterocycles. The molecule has 1 heterocycles. The molecule has 0 aromatic heterocycles. The van der Waals surface area contributed by atoms with Crippen molar-refractivity contribution in [1.82, 2.24) is 0 Å². The highest BCUT2D eigenvalue weighted by atomic mass is 35.5. The summed E-state index contributed by atoms with van der Waals surface area (Å²) < 4.78 is 14.2. The van der Waals surface area contributed by atoms with Gasteiger partial charge in [0, 0.05) is 12.1 Å². The highest BCUT2D eigenvalue weighted by Gasteiger charge is 2.30. The van der Waals surface area contributed by atoms with Gasteiger partial charge in [-0.3, -0.25) is 0 Å². The summed E-state index contributed by atoms with van der Waals surface area (Å²) in [5.41, 5.74) is 0.183. The molecule has 1 aliphatic rings. The quantitative estimate of drug-likeness (QED) is 0.693. The van der Waals surface area contributed by atoms with Gasteiger partial charge in [0.2, 0.25) is 0 Å². The van der Waals surface area contributed by atoms with Crippen LogP contribution in [0.25, 0.3) is 0 Å². The lowest BCUT2D eigenvalue weighted by Crippen LogP contribution is -2.14. The Morgan fingerprint density at radius 3 is 3.07 bits per heavy atom. The largest absolute Gasteiger partial charge is 0.384 e. The van der Waals surface area contributed by atoms with Crippen LogP contribution in [0.1, 0.15) is 25.3 Å². The van der Waals surface area contributed by atoms with Gasteiger partial charge in [-0.1, -0.05) is 23.7 Å². The van der Waals surface area contributed by atoms with E-state index in [0.717, 1.165) is 18.7 Å². The van der Waals surface area contributed by atoms with Gasteiger partial charge in [0.15, 0.2) is 0 Å². The Hall–Kier alpha value is -0.760. The van der Waals surface area contributed by atoms with E-state index in [-0.39, 0.29) is 0 Å². The topological polar surface area (TPSA) is 12.0 Å². The third-order valence-corrected chi connectivity index (χ3v) is 3.01. The first-order valence-electron chi connectivity index (χ1n) is 4.83. The standard InChI is InChI=1S/C11H13ClFN/c1-11(13)6-3-7-14-10-8(11)4-2-5-9(10)12/h2,4-5,14H,3,6-7H2,1H3. The van der Waals surface area contributed by atoms with E-state index in [9.17, 15) is 4.39 Å². The Morgan fingerprint density at radius 2 is 2.29 bits per heavy atom. The van der Waals surface area contributed by atoms with E-state index in [1.54, 1.807) is 25.1 Å². The molecule has 0 bridgehead atoms. The summed E-state index contributed by atoms with van der Waals surface area (Å²) in [5, 5.41) is 3.78. The third kappa shape index (κ3) is 1.59. The number of hydrogen-bond acceptors (Lipinski definition) is 1. The van der Waals surface area contributed by atoms with Crippen LogP contribution in [0.4, 0.5) is 10.1 Å². The summed E-state index contributed by atoms with van der Waals surface area (Å²) in [4.78, 5) is 0. The zero-order valence-electron chi connectivity index (χ0n) is 8.11. The van der Waals surface area contributed by atoms with Crippen LogP contribution in [-0.2, 0) is 5.67 Å². The summed E-state index contributed by atoms with van der Waals surface area (Å²) in [6, 6.07) is 5.39. The predicted molar refractivity (Wildman–Crippen MR) is 57.6 cm³/mol. The Balaban J connectivity index is 2.56. The number of benzene rings is 1. The Morgan fingerprint density at radius 1 is 1.50 bits per heavy atom. The smallest absolute Gasteiger partial charge is 0.135 e. The fourth-order valence-corrected chi connectivity index (χ4v) is 2.15. The summed E-state index contributed by atoms with van der Waals surface area (Å²) in [6.07, 6.45) is 1.38. The van der Waals surface area contributed by atoms with Gasteiger partial charge in [-0.2, -0.15) is 0 Å². The summed E-state index contributed by atoms with van der Waals surface area (Å²) in [6.45, 7) is 2.41. The molecule has 2 rings (SSSR count). The minimum Gasteiger partial charge on any atom is -0.384 e. The first kappa shape index (κ1) is 9.78. The normalized spacial score (nSPS) is 26.2. The van der Waals surface area contributed by atoms with E-state index < -0.39 is 5.67 Å². The van der Waals surface area contributed by atoms with Crippen molar-refractivity contribution in [2.45, 2.75) is 25.4 Å². The molecule has 0 fully saturated rings. The Labute approximate surface area is 88.3 Å². The van der Waals surface area contributed by atoms with E-state index in [1.165, 1.54) is 0 Å². The first-order valence-corrected chi connectivity index (χ1v) is 5.21. The molecule has 1 atom stereocenters. The molecular formula is C11H13ClFN. The number of rotatable bonds is 0. The van der Waals surface area contributed by atoms with Crippen molar-refractivity contribution in [2.75, 3.05) is 11.9 Å². The van der Waals surface area contributed by atoms with Gasteiger partial charge in [-0.05, 0) is 25.8 Å². The molecule has 0 radical (unpaired) electrons. The van der Waals surface area contributed by atoms with Crippen molar-refractivity contribution in [3.8, 4) is 0 Å². The summed E-state index contributed by atoms with van der Waals surface area (Å²) in [5.74, 6) is 0. The molecule has 3 heteroatoms. The lowest BCUT2D eigenvalue weighted by Gasteiger charge is -2.20. The maximum Gasteiger partial charge on any atom is 0.135 e. The number of alkyl halides is 1. The fraction of sp³-hybridized carbons (Fsp3) is 0.455. The Kier molecular flexibility index (Phi) is 2.40. The molecule has 0 amide bonds. The van der Waals surface area contributed by atoms with E-state index in [4.69, 9.17) is 11.6 Å². The zero-order valence-corrected chi connectivity index (χ0v) is 8.87. The third-order valence-electron chi connectivity index (χ3n) is 2.70. The molecule has 1 aromatic carbocycles. The van der Waals surface area contributed by atoms with E-state index in [2.05, 4.69) is 5.32 Å². The molecular weight excluding hydrogens is 201 g/mol. The summed E-state index contributed by atoms with van der Waals surface area (Å²) in [7, 11) is 0. The van der Waals surface area contributed by atoms with Crippen molar-refractivity contribution in [1.29, 1.82) is 0 Å². The van der Waals surface area contributed by atoms with Crippen LogP contribution >= 0.6 is 11.6 Å². The Bertz CT molecular complexity index is 349. The molecule has 0 aliphatic carbocycles. The maximum absolute atomic E-state index is 14.2. The van der Waals surface area contributed by atoms with Gasteiger partial charge < -0.3 is 5.32 Å². The molecule has 0 spiro atoms. The number of nitrogens with one attached hydrogen (secondary N) is 1. The highest BCUT2D eigenvalue weighted by molar-refractivity contribution is 6.33. The zero-order chi connectivity index (χ0) is 10.2. The SMILES string of the molecule is CC1(F)CCCNc2c(Cl)cccc21. The van der Waals surface area contributed by atoms with Crippen LogP contribution in [0.15, 0.2) is 18.2 Å². The lowest BCUT2D eigenvalue weighted by molar-refractivity contribution is 0.178. The van der Waals surface area contributed by atoms with Gasteiger partial charge in [0.1, 0.15) is 5.67 Å². The fourth-order valence-electron chi connectivity index (χ4n) is 1.91. The van der Waals surface area contributed by atoms with Gasteiger partial charge in [0.25, 0.3) is 0 Å². The van der Waals surface area contributed by atoms with Gasteiger partial charge in [0.05, 0.1) is 10.7 Å². The van der Waals surface area contributed by atoms with Crippen LogP contribution < -0.4 is 5.32 Å². The number of hydrogen-bond donors (Lipinski definition) is 1.